The standard InChI is InChI=1S/C14H22ClFN2O/c1-3-5-14(19-4-2)13(18-17)8-10-6-7-11(15)9-12(10)16/h6-7,9,13-14,18H,3-5,8,17H2,1-2H3. The van der Waals surface area contributed by atoms with Crippen LogP contribution in [0.2, 0.25) is 5.02 Å². The average Bonchev–Trinajstić information content (AvgIpc) is 2.38. The molecule has 0 radical (unpaired) electrons. The van der Waals surface area contributed by atoms with E-state index in [1.165, 1.54) is 6.07 Å². The van der Waals surface area contributed by atoms with E-state index in [0.29, 0.717) is 23.6 Å². The molecule has 0 aliphatic heterocycles. The second-order valence-corrected chi connectivity index (χ2v) is 4.93. The third kappa shape index (κ3) is 5.07. The fourth-order valence-corrected chi connectivity index (χ4v) is 2.28. The predicted molar refractivity (Wildman–Crippen MR) is 76.5 cm³/mol. The minimum Gasteiger partial charge on any atom is -0.377 e. The summed E-state index contributed by atoms with van der Waals surface area (Å²) in [6, 6.07) is 4.58. The number of hydrogen-bond donors (Lipinski definition) is 2. The summed E-state index contributed by atoms with van der Waals surface area (Å²) in [6.07, 6.45) is 2.34. The minimum absolute atomic E-state index is 0.0184. The van der Waals surface area contributed by atoms with Gasteiger partial charge in [0.25, 0.3) is 0 Å². The lowest BCUT2D eigenvalue weighted by Gasteiger charge is -2.26. The highest BCUT2D eigenvalue weighted by Crippen LogP contribution is 2.18. The van der Waals surface area contributed by atoms with Crippen molar-refractivity contribution in [2.45, 2.75) is 45.3 Å². The smallest absolute Gasteiger partial charge is 0.127 e. The summed E-state index contributed by atoms with van der Waals surface area (Å²) >= 11 is 5.74. The average molecular weight is 289 g/mol. The van der Waals surface area contributed by atoms with Gasteiger partial charge in [0.1, 0.15) is 5.82 Å². The van der Waals surface area contributed by atoms with Crippen LogP contribution in [0.3, 0.4) is 0 Å². The number of ether oxygens (including phenoxy) is 1. The van der Waals surface area contributed by atoms with Crippen LogP contribution in [0, 0.1) is 5.82 Å². The molecule has 0 bridgehead atoms. The van der Waals surface area contributed by atoms with Gasteiger partial charge in [0.05, 0.1) is 12.1 Å². The van der Waals surface area contributed by atoms with Gasteiger partial charge in [-0.3, -0.25) is 11.3 Å². The number of hydrazine groups is 1. The van der Waals surface area contributed by atoms with Crippen LogP contribution in [0.1, 0.15) is 32.3 Å². The first-order chi connectivity index (χ1) is 9.12. The first kappa shape index (κ1) is 16.4. The quantitative estimate of drug-likeness (QED) is 0.571. The van der Waals surface area contributed by atoms with Crippen molar-refractivity contribution in [1.29, 1.82) is 0 Å². The Morgan fingerprint density at radius 3 is 2.68 bits per heavy atom. The molecule has 1 aromatic carbocycles. The third-order valence-electron chi connectivity index (χ3n) is 3.07. The normalized spacial score (nSPS) is 14.4. The summed E-state index contributed by atoms with van der Waals surface area (Å²) in [5.41, 5.74) is 3.33. The van der Waals surface area contributed by atoms with E-state index in [1.54, 1.807) is 12.1 Å². The van der Waals surface area contributed by atoms with Gasteiger partial charge in [-0.2, -0.15) is 0 Å². The summed E-state index contributed by atoms with van der Waals surface area (Å²) < 4.78 is 19.5. The molecule has 19 heavy (non-hydrogen) atoms. The van der Waals surface area contributed by atoms with Crippen LogP contribution in [-0.4, -0.2) is 18.8 Å². The highest BCUT2D eigenvalue weighted by Gasteiger charge is 2.21. The van der Waals surface area contributed by atoms with Crippen molar-refractivity contribution in [3.8, 4) is 0 Å². The number of halogens is 2. The molecule has 0 fully saturated rings. The Hall–Kier alpha value is -0.680. The van der Waals surface area contributed by atoms with Gasteiger partial charge < -0.3 is 4.74 Å². The van der Waals surface area contributed by atoms with Gasteiger partial charge in [-0.15, -0.1) is 0 Å². The fourth-order valence-electron chi connectivity index (χ4n) is 2.12. The van der Waals surface area contributed by atoms with E-state index in [4.69, 9.17) is 22.2 Å². The van der Waals surface area contributed by atoms with Gasteiger partial charge >= 0.3 is 0 Å². The number of benzene rings is 1. The van der Waals surface area contributed by atoms with E-state index in [2.05, 4.69) is 12.3 Å². The van der Waals surface area contributed by atoms with Crippen LogP contribution >= 0.6 is 11.6 Å². The first-order valence-corrected chi connectivity index (χ1v) is 7.01. The molecule has 3 N–H and O–H groups in total. The molecule has 108 valence electrons. The Kier molecular flexibility index (Phi) is 7.31. The van der Waals surface area contributed by atoms with Crippen molar-refractivity contribution in [2.75, 3.05) is 6.61 Å². The molecule has 0 saturated heterocycles. The monoisotopic (exact) mass is 288 g/mol. The zero-order valence-corrected chi connectivity index (χ0v) is 12.2. The zero-order valence-electron chi connectivity index (χ0n) is 11.5. The predicted octanol–water partition coefficient (Wildman–Crippen LogP) is 3.06. The van der Waals surface area contributed by atoms with Crippen LogP contribution in [0.25, 0.3) is 0 Å². The second-order valence-electron chi connectivity index (χ2n) is 4.50. The van der Waals surface area contributed by atoms with Crippen molar-refractivity contribution in [3.05, 3.63) is 34.6 Å². The molecule has 0 aromatic heterocycles. The van der Waals surface area contributed by atoms with Crippen LogP contribution in [0.4, 0.5) is 4.39 Å². The van der Waals surface area contributed by atoms with Gasteiger partial charge in [-0.05, 0) is 37.5 Å². The van der Waals surface area contributed by atoms with Crippen molar-refractivity contribution < 1.29 is 9.13 Å². The molecule has 5 heteroatoms. The lowest BCUT2D eigenvalue weighted by molar-refractivity contribution is 0.0280. The Balaban J connectivity index is 2.78. The molecular formula is C14H22ClFN2O. The minimum atomic E-state index is -0.306. The Labute approximate surface area is 119 Å². The summed E-state index contributed by atoms with van der Waals surface area (Å²) in [6.45, 7) is 4.65. The van der Waals surface area contributed by atoms with Gasteiger partial charge in [0, 0.05) is 11.6 Å². The molecule has 0 aliphatic rings. The van der Waals surface area contributed by atoms with Crippen LogP contribution < -0.4 is 11.3 Å². The van der Waals surface area contributed by atoms with E-state index < -0.39 is 0 Å². The molecule has 1 rings (SSSR count). The third-order valence-corrected chi connectivity index (χ3v) is 3.31. The SMILES string of the molecule is CCCC(OCC)C(Cc1ccc(Cl)cc1F)NN. The van der Waals surface area contributed by atoms with Crippen molar-refractivity contribution in [2.24, 2.45) is 5.84 Å². The lowest BCUT2D eigenvalue weighted by Crippen LogP contribution is -2.46. The molecular weight excluding hydrogens is 267 g/mol. The Morgan fingerprint density at radius 2 is 2.16 bits per heavy atom. The van der Waals surface area contributed by atoms with Crippen molar-refractivity contribution >= 4 is 11.6 Å². The Bertz CT molecular complexity index is 384. The topological polar surface area (TPSA) is 47.3 Å². The van der Waals surface area contributed by atoms with Gasteiger partial charge in [0.2, 0.25) is 0 Å². The van der Waals surface area contributed by atoms with Gasteiger partial charge in [-0.25, -0.2) is 4.39 Å². The molecule has 0 heterocycles. The summed E-state index contributed by atoms with van der Waals surface area (Å²) in [5, 5.41) is 0.397. The van der Waals surface area contributed by atoms with Crippen LogP contribution in [0.5, 0.6) is 0 Å². The van der Waals surface area contributed by atoms with E-state index in [9.17, 15) is 4.39 Å². The number of nitrogens with two attached hydrogens (primary N) is 1. The van der Waals surface area contributed by atoms with Crippen molar-refractivity contribution in [1.82, 2.24) is 5.43 Å². The molecule has 3 nitrogen and oxygen atoms in total. The molecule has 2 unspecified atom stereocenters. The highest BCUT2D eigenvalue weighted by atomic mass is 35.5. The van der Waals surface area contributed by atoms with Gasteiger partial charge in [-0.1, -0.05) is 31.0 Å². The fraction of sp³-hybridized carbons (Fsp3) is 0.571. The Morgan fingerprint density at radius 1 is 1.42 bits per heavy atom. The van der Waals surface area contributed by atoms with E-state index in [0.717, 1.165) is 12.8 Å². The highest BCUT2D eigenvalue weighted by molar-refractivity contribution is 6.30. The van der Waals surface area contributed by atoms with Crippen LogP contribution in [0.15, 0.2) is 18.2 Å². The summed E-state index contributed by atoms with van der Waals surface area (Å²) in [4.78, 5) is 0. The molecule has 0 amide bonds. The molecule has 0 saturated carbocycles. The maximum atomic E-state index is 13.8. The van der Waals surface area contributed by atoms with E-state index >= 15 is 0 Å². The van der Waals surface area contributed by atoms with E-state index in [-0.39, 0.29) is 18.0 Å². The van der Waals surface area contributed by atoms with Gasteiger partial charge in [0.15, 0.2) is 0 Å². The van der Waals surface area contributed by atoms with Crippen molar-refractivity contribution in [3.63, 3.8) is 0 Å². The number of hydrogen-bond acceptors (Lipinski definition) is 3. The summed E-state index contributed by atoms with van der Waals surface area (Å²) in [5.74, 6) is 5.28. The zero-order chi connectivity index (χ0) is 14.3. The molecule has 0 aliphatic carbocycles. The number of rotatable bonds is 8. The largest absolute Gasteiger partial charge is 0.377 e. The maximum absolute atomic E-state index is 13.8. The maximum Gasteiger partial charge on any atom is 0.127 e. The van der Waals surface area contributed by atoms with Crippen LogP contribution in [-0.2, 0) is 11.2 Å². The van der Waals surface area contributed by atoms with E-state index in [1.807, 2.05) is 6.92 Å². The molecule has 2 atom stereocenters. The summed E-state index contributed by atoms with van der Waals surface area (Å²) in [7, 11) is 0. The first-order valence-electron chi connectivity index (χ1n) is 6.64. The second kappa shape index (κ2) is 8.48. The lowest BCUT2D eigenvalue weighted by atomic mass is 9.98. The number of nitrogens with one attached hydrogen (secondary N) is 1. The molecule has 0 spiro atoms. The molecule has 1 aromatic rings.